The smallest absolute Gasteiger partial charge is 0.0321 e. The highest BCUT2D eigenvalue weighted by atomic mass is 14.5. The van der Waals surface area contributed by atoms with Crippen LogP contribution in [0.5, 0.6) is 0 Å². The van der Waals surface area contributed by atoms with Crippen molar-refractivity contribution in [3.05, 3.63) is 179 Å². The number of allylic oxidation sites excluding steroid dienone is 5. The summed E-state index contributed by atoms with van der Waals surface area (Å²) in [6.45, 7) is 6.49. The largest absolute Gasteiger partial charge is 0.115 e. The van der Waals surface area contributed by atoms with Crippen LogP contribution in [-0.2, 0) is 12.8 Å². The van der Waals surface area contributed by atoms with Gasteiger partial charge in [-0.15, -0.1) is 6.42 Å². The van der Waals surface area contributed by atoms with Gasteiger partial charge in [-0.2, -0.15) is 0 Å². The first-order valence-electron chi connectivity index (χ1n) is 16.8. The molecule has 226 valence electrons. The number of rotatable bonds is 7. The van der Waals surface area contributed by atoms with Crippen molar-refractivity contribution in [3.8, 4) is 34.6 Å². The van der Waals surface area contributed by atoms with Crippen LogP contribution in [0.1, 0.15) is 57.3 Å². The second-order valence-corrected chi connectivity index (χ2v) is 13.5. The Hall–Kier alpha value is -5.38. The van der Waals surface area contributed by atoms with Gasteiger partial charge < -0.3 is 0 Å². The first-order chi connectivity index (χ1) is 23.0. The van der Waals surface area contributed by atoms with Gasteiger partial charge in [0, 0.05) is 5.56 Å². The molecule has 0 spiro atoms. The van der Waals surface area contributed by atoms with Crippen molar-refractivity contribution in [1.82, 2.24) is 0 Å². The van der Waals surface area contributed by atoms with Crippen molar-refractivity contribution in [2.75, 3.05) is 0 Å². The molecule has 0 radical (unpaired) electrons. The van der Waals surface area contributed by atoms with Crippen LogP contribution in [0.3, 0.4) is 0 Å². The van der Waals surface area contributed by atoms with Crippen molar-refractivity contribution in [3.63, 3.8) is 0 Å². The minimum atomic E-state index is 0.302. The molecule has 0 heteroatoms. The van der Waals surface area contributed by atoms with E-state index in [9.17, 15) is 0 Å². The Bertz CT molecular complexity index is 2170. The van der Waals surface area contributed by atoms with Gasteiger partial charge >= 0.3 is 0 Å². The first kappa shape index (κ1) is 29.1. The molecular weight excluding hydrogens is 565 g/mol. The summed E-state index contributed by atoms with van der Waals surface area (Å²) in [5.41, 5.74) is 17.8. The lowest BCUT2D eigenvalue weighted by molar-refractivity contribution is 0.550. The lowest BCUT2D eigenvalue weighted by atomic mass is 9.82. The van der Waals surface area contributed by atoms with Crippen molar-refractivity contribution in [2.24, 2.45) is 11.3 Å². The monoisotopic (exact) mass is 602 g/mol. The Morgan fingerprint density at radius 3 is 2.34 bits per heavy atom. The predicted molar refractivity (Wildman–Crippen MR) is 201 cm³/mol. The Labute approximate surface area is 279 Å². The molecule has 0 N–H and O–H groups in total. The van der Waals surface area contributed by atoms with Crippen molar-refractivity contribution in [2.45, 2.75) is 32.6 Å². The maximum absolute atomic E-state index is 5.82. The SMILES string of the molecule is C#Cc1ccccc1-c1cc(CCC23C=CC(c4ccc(/C=C/c5ccc6c(c5)-c5ccccc5C(=C)C6)cc4)=CC2C3)ccc1C. The summed E-state index contributed by atoms with van der Waals surface area (Å²) in [7, 11) is 0. The summed E-state index contributed by atoms with van der Waals surface area (Å²) in [5.74, 6) is 3.49. The third kappa shape index (κ3) is 5.54. The van der Waals surface area contributed by atoms with E-state index in [4.69, 9.17) is 6.42 Å². The molecule has 3 aliphatic carbocycles. The van der Waals surface area contributed by atoms with E-state index in [-0.39, 0.29) is 0 Å². The molecule has 2 atom stereocenters. The van der Waals surface area contributed by atoms with Gasteiger partial charge in [0.05, 0.1) is 0 Å². The molecule has 0 bridgehead atoms. The molecule has 2 unspecified atom stereocenters. The van der Waals surface area contributed by atoms with E-state index in [1.165, 1.54) is 79.6 Å². The van der Waals surface area contributed by atoms with Crippen LogP contribution in [0.15, 0.2) is 134 Å². The molecule has 1 saturated carbocycles. The molecule has 0 nitrogen and oxygen atoms in total. The van der Waals surface area contributed by atoms with E-state index < -0.39 is 0 Å². The second kappa shape index (κ2) is 11.8. The number of benzene rings is 5. The van der Waals surface area contributed by atoms with Crippen LogP contribution in [-0.4, -0.2) is 0 Å². The van der Waals surface area contributed by atoms with Gasteiger partial charge in [0.15, 0.2) is 0 Å². The molecule has 47 heavy (non-hydrogen) atoms. The number of hydrogen-bond acceptors (Lipinski definition) is 0. The van der Waals surface area contributed by atoms with Crippen LogP contribution < -0.4 is 0 Å². The average molecular weight is 603 g/mol. The van der Waals surface area contributed by atoms with Gasteiger partial charge in [0.1, 0.15) is 0 Å². The Balaban J connectivity index is 0.923. The maximum Gasteiger partial charge on any atom is 0.0321 e. The fourth-order valence-corrected chi connectivity index (χ4v) is 7.63. The van der Waals surface area contributed by atoms with Crippen LogP contribution in [0, 0.1) is 30.6 Å². The van der Waals surface area contributed by atoms with E-state index in [0.717, 1.165) is 24.0 Å². The molecule has 0 amide bonds. The summed E-state index contributed by atoms with van der Waals surface area (Å²) in [6, 6.07) is 39.6. The summed E-state index contributed by atoms with van der Waals surface area (Å²) >= 11 is 0. The summed E-state index contributed by atoms with van der Waals surface area (Å²) in [5, 5.41) is 0. The third-order valence-corrected chi connectivity index (χ3v) is 10.6. The van der Waals surface area contributed by atoms with Crippen LogP contribution in [0.4, 0.5) is 0 Å². The summed E-state index contributed by atoms with van der Waals surface area (Å²) in [6.07, 6.45) is 22.0. The predicted octanol–water partition coefficient (Wildman–Crippen LogP) is 11.6. The minimum absolute atomic E-state index is 0.302. The molecular formula is C47H38. The lowest BCUT2D eigenvalue weighted by Gasteiger charge is -2.22. The second-order valence-electron chi connectivity index (χ2n) is 13.5. The van der Waals surface area contributed by atoms with Gasteiger partial charge in [0.25, 0.3) is 0 Å². The van der Waals surface area contributed by atoms with Gasteiger partial charge in [-0.05, 0) is 128 Å². The highest BCUT2D eigenvalue weighted by molar-refractivity contribution is 5.89. The van der Waals surface area contributed by atoms with Gasteiger partial charge in [-0.1, -0.05) is 140 Å². The molecule has 5 aromatic carbocycles. The molecule has 8 rings (SSSR count). The number of aryl methyl sites for hydroxylation is 2. The molecule has 3 aliphatic rings. The van der Waals surface area contributed by atoms with Gasteiger partial charge in [0.2, 0.25) is 0 Å². The Kier molecular flexibility index (Phi) is 7.27. The quantitative estimate of drug-likeness (QED) is 0.128. The summed E-state index contributed by atoms with van der Waals surface area (Å²) in [4.78, 5) is 0. The number of hydrogen-bond donors (Lipinski definition) is 0. The van der Waals surface area contributed by atoms with Crippen LogP contribution in [0.2, 0.25) is 0 Å². The Morgan fingerprint density at radius 2 is 1.53 bits per heavy atom. The number of terminal acetylenes is 1. The molecule has 5 aromatic rings. The van der Waals surface area contributed by atoms with Gasteiger partial charge in [-0.3, -0.25) is 0 Å². The molecule has 0 aliphatic heterocycles. The fraction of sp³-hybridized carbons (Fsp3) is 0.149. The van der Waals surface area contributed by atoms with E-state index in [0.29, 0.717) is 11.3 Å². The topological polar surface area (TPSA) is 0 Å². The molecule has 0 saturated heterocycles. The van der Waals surface area contributed by atoms with Crippen LogP contribution in [0.25, 0.3) is 45.6 Å². The van der Waals surface area contributed by atoms with Crippen molar-refractivity contribution in [1.29, 1.82) is 0 Å². The maximum atomic E-state index is 5.82. The highest BCUT2D eigenvalue weighted by Crippen LogP contribution is 2.60. The highest BCUT2D eigenvalue weighted by Gasteiger charge is 2.51. The standard InChI is InChI=1S/C47H38/c1-4-37-9-5-6-11-43(37)45-28-36(14-13-32(45)2)23-25-47-26-24-39(30-41(47)31-47)38-20-17-34(18-21-38)15-16-35-19-22-40-27-33(3)42-10-7-8-12-44(42)46(40)29-35/h1,5-22,24,26,28-30,41H,3,23,25,27,31H2,2H3/b16-15+. The molecule has 1 fully saturated rings. The third-order valence-electron chi connectivity index (χ3n) is 10.6. The van der Waals surface area contributed by atoms with E-state index in [1.54, 1.807) is 0 Å². The van der Waals surface area contributed by atoms with E-state index in [2.05, 4.69) is 147 Å². The zero-order chi connectivity index (χ0) is 32.0. The fourth-order valence-electron chi connectivity index (χ4n) is 7.63. The number of fused-ring (bicyclic) bond motifs is 4. The summed E-state index contributed by atoms with van der Waals surface area (Å²) < 4.78 is 0. The van der Waals surface area contributed by atoms with E-state index >= 15 is 0 Å². The normalized spacial score (nSPS) is 19.0. The minimum Gasteiger partial charge on any atom is -0.115 e. The Morgan fingerprint density at radius 1 is 0.787 bits per heavy atom. The zero-order valence-electron chi connectivity index (χ0n) is 27.0. The van der Waals surface area contributed by atoms with Gasteiger partial charge in [-0.25, -0.2) is 0 Å². The van der Waals surface area contributed by atoms with Crippen LogP contribution >= 0.6 is 0 Å². The molecule has 0 heterocycles. The van der Waals surface area contributed by atoms with E-state index in [1.807, 2.05) is 12.1 Å². The first-order valence-corrected chi connectivity index (χ1v) is 16.8. The molecule has 0 aromatic heterocycles. The van der Waals surface area contributed by atoms with Crippen molar-refractivity contribution >= 4 is 23.3 Å². The average Bonchev–Trinajstić information content (AvgIpc) is 3.85. The van der Waals surface area contributed by atoms with Crippen molar-refractivity contribution < 1.29 is 0 Å². The zero-order valence-corrected chi connectivity index (χ0v) is 27.0. The lowest BCUT2D eigenvalue weighted by Crippen LogP contribution is -2.05.